The number of rotatable bonds is 10. The number of nitro benzene ring substituents is 1. The van der Waals surface area contributed by atoms with Gasteiger partial charge in [-0.05, 0) is 67.1 Å². The molecular weight excluding hydrogens is 693 g/mol. The minimum atomic E-state index is -2.58. The van der Waals surface area contributed by atoms with Crippen LogP contribution >= 0.6 is 0 Å². The molecule has 1 N–H and O–H groups in total. The monoisotopic (exact) mass is 740 g/mol. The number of nitro groups is 1. The van der Waals surface area contributed by atoms with Gasteiger partial charge in [0, 0.05) is 48.8 Å². The number of amides is 3. The number of hydrogen-bond acceptors (Lipinski definition) is 8. The third-order valence-electron chi connectivity index (χ3n) is 12.2. The Labute approximate surface area is 310 Å². The molecule has 0 bridgehead atoms. The van der Waals surface area contributed by atoms with Crippen LogP contribution in [0.1, 0.15) is 56.6 Å². The second kappa shape index (κ2) is 14.3. The molecule has 5 atom stereocenters. The zero-order chi connectivity index (χ0) is 37.7. The Balaban J connectivity index is 1.29. The van der Waals surface area contributed by atoms with Crippen LogP contribution in [0.4, 0.5) is 17.1 Å². The molecule has 12 nitrogen and oxygen atoms in total. The molecule has 0 aromatic heterocycles. The van der Waals surface area contributed by atoms with E-state index < -0.39 is 30.6 Å². The number of nitrogens with zero attached hydrogens (tertiary/aromatic N) is 4. The Morgan fingerprint density at radius 3 is 2.43 bits per heavy atom. The van der Waals surface area contributed by atoms with Crippen molar-refractivity contribution in [1.29, 1.82) is 0 Å². The van der Waals surface area contributed by atoms with E-state index in [-0.39, 0.29) is 54.6 Å². The Bertz CT molecular complexity index is 1900. The Morgan fingerprint density at radius 1 is 1.04 bits per heavy atom. The number of ether oxygens (including phenoxy) is 2. The predicted octanol–water partition coefficient (Wildman–Crippen LogP) is 5.26. The normalized spacial score (nSPS) is 25.7. The summed E-state index contributed by atoms with van der Waals surface area (Å²) < 4.78 is 12.5. The van der Waals surface area contributed by atoms with E-state index in [1.165, 1.54) is 12.1 Å². The lowest BCUT2D eigenvalue weighted by molar-refractivity contribution is -0.385. The number of anilines is 2. The maximum atomic E-state index is 15.2. The number of likely N-dealkylation sites (tertiary alicyclic amines) is 1. The van der Waals surface area contributed by atoms with Crippen LogP contribution in [0.3, 0.4) is 0 Å². The highest BCUT2D eigenvalue weighted by molar-refractivity contribution is 6.91. The molecule has 3 saturated heterocycles. The average Bonchev–Trinajstić information content (AvgIpc) is 3.82. The van der Waals surface area contributed by atoms with Crippen LogP contribution in [0.5, 0.6) is 5.75 Å². The van der Waals surface area contributed by atoms with Gasteiger partial charge in [0.15, 0.2) is 5.60 Å². The molecule has 3 aromatic rings. The number of aliphatic hydroxyl groups is 1. The van der Waals surface area contributed by atoms with Crippen molar-refractivity contribution in [3.05, 3.63) is 88.0 Å². The summed E-state index contributed by atoms with van der Waals surface area (Å²) in [5.41, 5.74) is 0.663. The molecular formula is C40H48N4O8Si. The van der Waals surface area contributed by atoms with Gasteiger partial charge in [-0.25, -0.2) is 0 Å². The van der Waals surface area contributed by atoms with E-state index in [0.29, 0.717) is 30.8 Å². The van der Waals surface area contributed by atoms with E-state index in [0.717, 1.165) is 47.9 Å². The van der Waals surface area contributed by atoms with Crippen molar-refractivity contribution in [3.63, 3.8) is 0 Å². The zero-order valence-electron chi connectivity index (χ0n) is 30.8. The van der Waals surface area contributed by atoms with Gasteiger partial charge in [-0.3, -0.25) is 24.5 Å². The van der Waals surface area contributed by atoms with E-state index in [9.17, 15) is 24.8 Å². The van der Waals surface area contributed by atoms with Gasteiger partial charge in [-0.1, -0.05) is 49.5 Å². The molecule has 4 heterocycles. The van der Waals surface area contributed by atoms with Crippen LogP contribution in [0.2, 0.25) is 18.6 Å². The number of methoxy groups -OCH3 is 1. The average molecular weight is 741 g/mol. The maximum absolute atomic E-state index is 15.2. The maximum Gasteiger partial charge on any atom is 0.269 e. The van der Waals surface area contributed by atoms with Gasteiger partial charge in [-0.15, -0.1) is 0 Å². The lowest BCUT2D eigenvalue weighted by atomic mass is 9.82. The van der Waals surface area contributed by atoms with Gasteiger partial charge in [-0.2, -0.15) is 0 Å². The van der Waals surface area contributed by atoms with Crippen LogP contribution in [0, 0.1) is 16.0 Å². The molecule has 13 heteroatoms. The van der Waals surface area contributed by atoms with E-state index >= 15 is 4.79 Å². The molecule has 0 unspecified atom stereocenters. The molecule has 3 aromatic carbocycles. The highest BCUT2D eigenvalue weighted by atomic mass is 28.3. The highest BCUT2D eigenvalue weighted by Crippen LogP contribution is 2.60. The summed E-state index contributed by atoms with van der Waals surface area (Å²) in [6, 6.07) is 19.8. The topological polar surface area (TPSA) is 143 Å². The molecule has 0 saturated carbocycles. The number of carbonyl (C=O) groups excluding carboxylic acids is 3. The highest BCUT2D eigenvalue weighted by Gasteiger charge is 2.67. The minimum absolute atomic E-state index is 0.0219. The summed E-state index contributed by atoms with van der Waals surface area (Å²) in [6.07, 6.45) is 3.25. The molecule has 7 rings (SSSR count). The summed E-state index contributed by atoms with van der Waals surface area (Å²) in [5, 5.41) is 23.3. The fraction of sp³-hybridized carbons (Fsp3) is 0.475. The molecule has 0 radical (unpaired) electrons. The van der Waals surface area contributed by atoms with E-state index in [2.05, 4.69) is 13.1 Å². The van der Waals surface area contributed by atoms with Gasteiger partial charge in [0.25, 0.3) is 11.6 Å². The predicted molar refractivity (Wildman–Crippen MR) is 203 cm³/mol. The van der Waals surface area contributed by atoms with Gasteiger partial charge in [0.05, 0.1) is 57.5 Å². The van der Waals surface area contributed by atoms with Gasteiger partial charge >= 0.3 is 0 Å². The first-order valence-electron chi connectivity index (χ1n) is 18.6. The summed E-state index contributed by atoms with van der Waals surface area (Å²) in [6.45, 7) is 7.74. The minimum Gasteiger partial charge on any atom is -0.497 e. The van der Waals surface area contributed by atoms with Crippen LogP contribution in [-0.4, -0.2) is 79.7 Å². The first kappa shape index (κ1) is 36.8. The third kappa shape index (κ3) is 6.32. The van der Waals surface area contributed by atoms with E-state index in [1.54, 1.807) is 27.9 Å². The van der Waals surface area contributed by atoms with Crippen LogP contribution in [-0.2, 0) is 31.3 Å². The zero-order valence-corrected chi connectivity index (χ0v) is 31.8. The summed E-state index contributed by atoms with van der Waals surface area (Å²) in [5.74, 6) is -0.0790. The largest absolute Gasteiger partial charge is 0.497 e. The summed E-state index contributed by atoms with van der Waals surface area (Å²) in [7, 11) is -0.965. The number of aliphatic hydroxyl groups excluding tert-OH is 1. The van der Waals surface area contributed by atoms with E-state index in [1.807, 2.05) is 55.5 Å². The SMILES string of the molecule is COc1ccc([Si](C)(C)[C@@H]2[C@@H](CC(=O)N3CCC[C@H]3CO)O[C@]3(C(=O)N(Cc4ccc(N5CCCCC5=O)cc4)c4ccc([N+](=O)[O-])cc43)[C@H]2C)cc1. The Hall–Kier alpha value is -4.59. The molecule has 280 valence electrons. The van der Waals surface area contributed by atoms with Crippen molar-refractivity contribution in [1.82, 2.24) is 4.90 Å². The van der Waals surface area contributed by atoms with Crippen LogP contribution < -0.4 is 19.7 Å². The summed E-state index contributed by atoms with van der Waals surface area (Å²) in [4.78, 5) is 58.7. The lowest BCUT2D eigenvalue weighted by Gasteiger charge is -2.37. The first-order chi connectivity index (χ1) is 25.4. The Kier molecular flexibility index (Phi) is 9.94. The third-order valence-corrected chi connectivity index (χ3v) is 16.6. The van der Waals surface area contributed by atoms with E-state index in [4.69, 9.17) is 9.47 Å². The van der Waals surface area contributed by atoms with Crippen molar-refractivity contribution in [2.24, 2.45) is 5.92 Å². The number of benzene rings is 3. The molecule has 3 fully saturated rings. The smallest absolute Gasteiger partial charge is 0.269 e. The number of non-ortho nitro benzene ring substituents is 1. The standard InChI is InChI=1S/C40H48N4O8Si/c1-26-38(53(3,4)32-17-15-31(51-2)16-18-32)35(23-37(47)42-21-7-8-30(42)25-45)52-40(26)33-22-29(44(49)50)14-19-34(33)43(39(40)48)24-27-10-12-28(13-11-27)41-20-6-5-9-36(41)46/h10-19,22,26,30,35,38,45H,5-9,20-21,23-25H2,1-4H3/t26-,30-,35+,38-,40+/m0/s1. The number of carbonyl (C=O) groups is 3. The molecule has 0 aliphatic carbocycles. The van der Waals surface area contributed by atoms with Gasteiger partial charge in [0.1, 0.15) is 5.75 Å². The van der Waals surface area contributed by atoms with Crippen molar-refractivity contribution >= 4 is 48.0 Å². The number of fused-ring (bicyclic) bond motifs is 2. The number of hydrogen-bond donors (Lipinski definition) is 1. The van der Waals surface area contributed by atoms with Crippen molar-refractivity contribution in [3.8, 4) is 5.75 Å². The number of piperidine rings is 1. The second-order valence-corrected chi connectivity index (χ2v) is 20.1. The Morgan fingerprint density at radius 2 is 1.77 bits per heavy atom. The quantitative estimate of drug-likeness (QED) is 0.169. The first-order valence-corrected chi connectivity index (χ1v) is 21.7. The van der Waals surface area contributed by atoms with Crippen molar-refractivity contribution in [2.75, 3.05) is 36.6 Å². The lowest BCUT2D eigenvalue weighted by Crippen LogP contribution is -2.52. The van der Waals surface area contributed by atoms with Gasteiger partial charge < -0.3 is 29.3 Å². The second-order valence-electron chi connectivity index (χ2n) is 15.4. The fourth-order valence-electron chi connectivity index (χ4n) is 9.46. The molecule has 4 aliphatic heterocycles. The van der Waals surface area contributed by atoms with Crippen LogP contribution in [0.25, 0.3) is 0 Å². The molecule has 4 aliphatic rings. The van der Waals surface area contributed by atoms with Crippen molar-refractivity contribution in [2.45, 2.75) is 88.4 Å². The van der Waals surface area contributed by atoms with Crippen molar-refractivity contribution < 1.29 is 33.9 Å². The van der Waals surface area contributed by atoms with Crippen LogP contribution in [0.15, 0.2) is 66.7 Å². The molecule has 53 heavy (non-hydrogen) atoms. The summed E-state index contributed by atoms with van der Waals surface area (Å²) >= 11 is 0. The van der Waals surface area contributed by atoms with Gasteiger partial charge in [0.2, 0.25) is 11.8 Å². The molecule has 3 amide bonds. The fourth-order valence-corrected chi connectivity index (χ4v) is 13.5. The molecule has 1 spiro atoms.